The molecule has 0 spiro atoms. The second-order valence-corrected chi connectivity index (χ2v) is 4.76. The van der Waals surface area contributed by atoms with Crippen molar-refractivity contribution in [2.75, 3.05) is 6.54 Å². The number of fused-ring (bicyclic) bond motifs is 1. The Morgan fingerprint density at radius 2 is 2.20 bits per heavy atom. The van der Waals surface area contributed by atoms with Gasteiger partial charge in [0, 0.05) is 13.0 Å². The average molecular weight is 205 g/mol. The van der Waals surface area contributed by atoms with Gasteiger partial charge in [-0.05, 0) is 37.6 Å². The molecular weight excluding hydrogens is 186 g/mol. The molecule has 0 saturated carbocycles. The maximum atomic E-state index is 5.83. The van der Waals surface area contributed by atoms with Crippen molar-refractivity contribution >= 4 is 0 Å². The van der Waals surface area contributed by atoms with Gasteiger partial charge in [0.25, 0.3) is 0 Å². The number of ether oxygens (including phenoxy) is 1. The van der Waals surface area contributed by atoms with Gasteiger partial charge in [-0.25, -0.2) is 0 Å². The summed E-state index contributed by atoms with van der Waals surface area (Å²) in [6.07, 6.45) is 1.02. The summed E-state index contributed by atoms with van der Waals surface area (Å²) in [6, 6.07) is 6.49. The molecule has 2 nitrogen and oxygen atoms in total. The summed E-state index contributed by atoms with van der Waals surface area (Å²) in [4.78, 5) is 0. The number of nitrogens with one attached hydrogen (secondary N) is 1. The molecule has 0 saturated heterocycles. The van der Waals surface area contributed by atoms with E-state index in [1.165, 1.54) is 11.1 Å². The molecule has 0 fully saturated rings. The van der Waals surface area contributed by atoms with Crippen LogP contribution < -0.4 is 10.1 Å². The molecule has 2 heteroatoms. The van der Waals surface area contributed by atoms with Crippen LogP contribution in [0.1, 0.15) is 31.9 Å². The maximum Gasteiger partial charge on any atom is 0.123 e. The minimum absolute atomic E-state index is 0.0286. The van der Waals surface area contributed by atoms with E-state index < -0.39 is 0 Å². The summed E-state index contributed by atoms with van der Waals surface area (Å²) in [5.74, 6) is 1.06. The van der Waals surface area contributed by atoms with Crippen molar-refractivity contribution in [1.29, 1.82) is 0 Å². The van der Waals surface area contributed by atoms with Crippen molar-refractivity contribution in [3.63, 3.8) is 0 Å². The van der Waals surface area contributed by atoms with Crippen molar-refractivity contribution in [3.8, 4) is 5.75 Å². The van der Waals surface area contributed by atoms with Gasteiger partial charge >= 0.3 is 0 Å². The minimum atomic E-state index is -0.0286. The first-order valence-corrected chi connectivity index (χ1v) is 5.62. The third-order valence-electron chi connectivity index (χ3n) is 2.71. The van der Waals surface area contributed by atoms with Crippen LogP contribution in [0, 0.1) is 0 Å². The zero-order chi connectivity index (χ0) is 10.9. The van der Waals surface area contributed by atoms with E-state index in [-0.39, 0.29) is 5.60 Å². The van der Waals surface area contributed by atoms with Crippen molar-refractivity contribution in [2.24, 2.45) is 0 Å². The van der Waals surface area contributed by atoms with Crippen LogP contribution in [-0.2, 0) is 13.0 Å². The molecule has 2 rings (SSSR count). The predicted octanol–water partition coefficient (Wildman–Crippen LogP) is 2.51. The summed E-state index contributed by atoms with van der Waals surface area (Å²) < 4.78 is 5.83. The summed E-state index contributed by atoms with van der Waals surface area (Å²) >= 11 is 0. The topological polar surface area (TPSA) is 21.3 Å². The fourth-order valence-electron chi connectivity index (χ4n) is 2.04. The fraction of sp³-hybridized carbons (Fsp3) is 0.538. The van der Waals surface area contributed by atoms with Crippen LogP contribution in [0.4, 0.5) is 0 Å². The predicted molar refractivity (Wildman–Crippen MR) is 62.2 cm³/mol. The third kappa shape index (κ3) is 2.32. The second kappa shape index (κ2) is 3.86. The van der Waals surface area contributed by atoms with E-state index in [4.69, 9.17) is 4.74 Å². The van der Waals surface area contributed by atoms with Gasteiger partial charge in [-0.15, -0.1) is 0 Å². The van der Waals surface area contributed by atoms with Crippen LogP contribution in [0.3, 0.4) is 0 Å². The first-order chi connectivity index (χ1) is 7.11. The van der Waals surface area contributed by atoms with Crippen molar-refractivity contribution < 1.29 is 4.74 Å². The van der Waals surface area contributed by atoms with Gasteiger partial charge in [0.15, 0.2) is 0 Å². The molecule has 1 N–H and O–H groups in total. The highest BCUT2D eigenvalue weighted by Crippen LogP contribution is 2.35. The van der Waals surface area contributed by atoms with E-state index in [1.807, 2.05) is 0 Å². The first-order valence-electron chi connectivity index (χ1n) is 5.62. The van der Waals surface area contributed by atoms with Crippen LogP contribution in [0.2, 0.25) is 0 Å². The molecular formula is C13H19NO. The Hall–Kier alpha value is -1.02. The van der Waals surface area contributed by atoms with Gasteiger partial charge in [-0.1, -0.05) is 19.1 Å². The largest absolute Gasteiger partial charge is 0.487 e. The summed E-state index contributed by atoms with van der Waals surface area (Å²) in [5.41, 5.74) is 2.66. The van der Waals surface area contributed by atoms with E-state index >= 15 is 0 Å². The van der Waals surface area contributed by atoms with E-state index in [1.54, 1.807) is 0 Å². The van der Waals surface area contributed by atoms with Crippen LogP contribution in [0.15, 0.2) is 18.2 Å². The van der Waals surface area contributed by atoms with Gasteiger partial charge in [0.2, 0.25) is 0 Å². The fourth-order valence-corrected chi connectivity index (χ4v) is 2.04. The third-order valence-corrected chi connectivity index (χ3v) is 2.71. The Morgan fingerprint density at radius 1 is 1.40 bits per heavy atom. The molecule has 1 aliphatic heterocycles. The quantitative estimate of drug-likeness (QED) is 0.818. The standard InChI is InChI=1S/C13H19NO/c1-4-14-9-10-5-6-12-11(7-10)8-13(2,3)15-12/h5-7,14H,4,8-9H2,1-3H3. The Morgan fingerprint density at radius 3 is 2.93 bits per heavy atom. The van der Waals surface area contributed by atoms with Crippen molar-refractivity contribution in [3.05, 3.63) is 29.3 Å². The lowest BCUT2D eigenvalue weighted by Gasteiger charge is -2.16. The number of rotatable bonds is 3. The number of benzene rings is 1. The van der Waals surface area contributed by atoms with Gasteiger partial charge in [-0.2, -0.15) is 0 Å². The molecule has 15 heavy (non-hydrogen) atoms. The van der Waals surface area contributed by atoms with Crippen molar-refractivity contribution in [1.82, 2.24) is 5.32 Å². The van der Waals surface area contributed by atoms with Gasteiger partial charge in [0.05, 0.1) is 0 Å². The highest BCUT2D eigenvalue weighted by Gasteiger charge is 2.29. The zero-order valence-electron chi connectivity index (χ0n) is 9.76. The summed E-state index contributed by atoms with van der Waals surface area (Å²) in [5, 5.41) is 3.34. The molecule has 0 aliphatic carbocycles. The second-order valence-electron chi connectivity index (χ2n) is 4.76. The number of hydrogen-bond acceptors (Lipinski definition) is 2. The molecule has 82 valence electrons. The molecule has 1 aliphatic rings. The zero-order valence-corrected chi connectivity index (χ0v) is 9.76. The van der Waals surface area contributed by atoms with E-state index in [9.17, 15) is 0 Å². The van der Waals surface area contributed by atoms with E-state index in [2.05, 4.69) is 44.3 Å². The van der Waals surface area contributed by atoms with Gasteiger partial charge < -0.3 is 10.1 Å². The molecule has 0 aromatic heterocycles. The number of hydrogen-bond donors (Lipinski definition) is 1. The van der Waals surface area contributed by atoms with Crippen LogP contribution in [0.5, 0.6) is 5.75 Å². The lowest BCUT2D eigenvalue weighted by molar-refractivity contribution is 0.138. The normalized spacial score (nSPS) is 17.3. The Bertz CT molecular complexity index is 358. The van der Waals surface area contributed by atoms with Crippen LogP contribution >= 0.6 is 0 Å². The molecule has 0 atom stereocenters. The highest BCUT2D eigenvalue weighted by atomic mass is 16.5. The summed E-state index contributed by atoms with van der Waals surface area (Å²) in [7, 11) is 0. The summed E-state index contributed by atoms with van der Waals surface area (Å²) in [6.45, 7) is 8.36. The van der Waals surface area contributed by atoms with Gasteiger partial charge in [-0.3, -0.25) is 0 Å². The van der Waals surface area contributed by atoms with Crippen molar-refractivity contribution in [2.45, 2.75) is 39.3 Å². The highest BCUT2D eigenvalue weighted by molar-refractivity contribution is 5.41. The smallest absolute Gasteiger partial charge is 0.123 e. The lowest BCUT2D eigenvalue weighted by atomic mass is 10.0. The monoisotopic (exact) mass is 205 g/mol. The molecule has 1 heterocycles. The first kappa shape index (κ1) is 10.5. The van der Waals surface area contributed by atoms with E-state index in [0.717, 1.165) is 25.3 Å². The molecule has 0 amide bonds. The Balaban J connectivity index is 2.15. The average Bonchev–Trinajstić information content (AvgIpc) is 2.47. The minimum Gasteiger partial charge on any atom is -0.487 e. The molecule has 0 radical (unpaired) electrons. The van der Waals surface area contributed by atoms with E-state index in [0.29, 0.717) is 0 Å². The molecule has 0 bridgehead atoms. The lowest BCUT2D eigenvalue weighted by Crippen LogP contribution is -2.24. The molecule has 1 aromatic carbocycles. The maximum absolute atomic E-state index is 5.83. The van der Waals surface area contributed by atoms with Crippen LogP contribution in [-0.4, -0.2) is 12.1 Å². The Labute approximate surface area is 91.6 Å². The van der Waals surface area contributed by atoms with Gasteiger partial charge in [0.1, 0.15) is 11.4 Å². The molecule has 1 aromatic rings. The molecule has 0 unspecified atom stereocenters. The van der Waals surface area contributed by atoms with Crippen LogP contribution in [0.25, 0.3) is 0 Å². The Kier molecular flexibility index (Phi) is 2.70. The SMILES string of the molecule is CCNCc1ccc2c(c1)CC(C)(C)O2.